The van der Waals surface area contributed by atoms with Crippen molar-refractivity contribution in [2.75, 3.05) is 7.11 Å². The molecular formula is C20H14BrClN4O3S. The molecule has 7 nitrogen and oxygen atoms in total. The molecule has 0 saturated carbocycles. The number of methoxy groups -OCH3 is 1. The van der Waals surface area contributed by atoms with Crippen molar-refractivity contribution in [3.8, 4) is 17.0 Å². The summed E-state index contributed by atoms with van der Waals surface area (Å²) in [5.41, 5.74) is 1.74. The van der Waals surface area contributed by atoms with Gasteiger partial charge in [-0.2, -0.15) is 0 Å². The van der Waals surface area contributed by atoms with Crippen LogP contribution in [0.5, 0.6) is 5.75 Å². The van der Waals surface area contributed by atoms with E-state index in [-0.39, 0.29) is 16.5 Å². The lowest BCUT2D eigenvalue weighted by molar-refractivity contribution is 0.416. The number of hydrogen-bond acceptors (Lipinski definition) is 7. The van der Waals surface area contributed by atoms with Crippen LogP contribution in [-0.2, 0) is 15.6 Å². The fraction of sp³-hybridized carbons (Fsp3) is 0.100. The van der Waals surface area contributed by atoms with Crippen LogP contribution in [-0.4, -0.2) is 35.5 Å². The summed E-state index contributed by atoms with van der Waals surface area (Å²) < 4.78 is 31.8. The van der Waals surface area contributed by atoms with Gasteiger partial charge in [0.1, 0.15) is 23.7 Å². The molecule has 30 heavy (non-hydrogen) atoms. The molecule has 0 saturated heterocycles. The predicted molar refractivity (Wildman–Crippen MR) is 117 cm³/mol. The smallest absolute Gasteiger partial charge is 0.185 e. The normalized spacial score (nSPS) is 11.6. The molecule has 0 N–H and O–H groups in total. The van der Waals surface area contributed by atoms with Crippen LogP contribution in [0.2, 0.25) is 5.02 Å². The van der Waals surface area contributed by atoms with Crippen molar-refractivity contribution in [3.05, 3.63) is 70.4 Å². The molecule has 10 heteroatoms. The topological polar surface area (TPSA) is 94.9 Å². The maximum Gasteiger partial charge on any atom is 0.185 e. The Labute approximate surface area is 186 Å². The third kappa shape index (κ3) is 4.00. The van der Waals surface area contributed by atoms with Gasteiger partial charge in [0, 0.05) is 27.8 Å². The number of nitrogens with zero attached hydrogens (tertiary/aromatic N) is 4. The Hall–Kier alpha value is -2.62. The first kappa shape index (κ1) is 20.6. The van der Waals surface area contributed by atoms with Crippen molar-refractivity contribution < 1.29 is 13.2 Å². The van der Waals surface area contributed by atoms with Gasteiger partial charge in [0.25, 0.3) is 0 Å². The Balaban J connectivity index is 1.81. The van der Waals surface area contributed by atoms with Gasteiger partial charge in [0.2, 0.25) is 0 Å². The van der Waals surface area contributed by atoms with E-state index >= 15 is 0 Å². The minimum Gasteiger partial charge on any atom is -0.496 e. The van der Waals surface area contributed by atoms with Gasteiger partial charge in [-0.1, -0.05) is 11.6 Å². The SMILES string of the molecule is COc1cc(Br)c(Cl)cc1-c1ncnc2cc(S(=O)(=O)Cc3ncccn3)ccc12. The van der Waals surface area contributed by atoms with E-state index in [9.17, 15) is 8.42 Å². The average molecular weight is 506 g/mol. The standard InChI is InChI=1S/C20H14BrClN4O3S/c1-29-18-9-15(21)16(22)8-14(18)20-13-4-3-12(7-17(13)25-11-26-20)30(27,28)10-19-23-5-2-6-24-19/h2-9,11H,10H2,1H3. The lowest BCUT2D eigenvalue weighted by atomic mass is 10.1. The van der Waals surface area contributed by atoms with Crippen molar-refractivity contribution in [1.29, 1.82) is 0 Å². The predicted octanol–water partition coefficient (Wildman–Crippen LogP) is 4.49. The summed E-state index contributed by atoms with van der Waals surface area (Å²) >= 11 is 9.65. The van der Waals surface area contributed by atoms with Crippen molar-refractivity contribution in [3.63, 3.8) is 0 Å². The molecule has 2 aromatic carbocycles. The molecule has 2 aromatic heterocycles. The summed E-state index contributed by atoms with van der Waals surface area (Å²) in [6.07, 6.45) is 4.40. The van der Waals surface area contributed by atoms with Gasteiger partial charge in [-0.25, -0.2) is 28.4 Å². The van der Waals surface area contributed by atoms with Gasteiger partial charge >= 0.3 is 0 Å². The largest absolute Gasteiger partial charge is 0.496 e. The summed E-state index contributed by atoms with van der Waals surface area (Å²) in [4.78, 5) is 16.8. The highest BCUT2D eigenvalue weighted by molar-refractivity contribution is 9.10. The quantitative estimate of drug-likeness (QED) is 0.394. The van der Waals surface area contributed by atoms with Crippen LogP contribution >= 0.6 is 27.5 Å². The van der Waals surface area contributed by atoms with Gasteiger partial charge in [-0.3, -0.25) is 0 Å². The monoisotopic (exact) mass is 504 g/mol. The second kappa shape index (κ2) is 8.25. The first-order valence-electron chi connectivity index (χ1n) is 8.66. The summed E-state index contributed by atoms with van der Waals surface area (Å²) in [5, 5.41) is 1.17. The lowest BCUT2D eigenvalue weighted by Crippen LogP contribution is -2.08. The summed E-state index contributed by atoms with van der Waals surface area (Å²) in [7, 11) is -2.09. The number of aromatic nitrogens is 4. The number of halogens is 2. The second-order valence-corrected chi connectivity index (χ2v) is 9.54. The van der Waals surface area contributed by atoms with Gasteiger partial charge in [-0.15, -0.1) is 0 Å². The van der Waals surface area contributed by atoms with E-state index in [1.807, 2.05) is 0 Å². The van der Waals surface area contributed by atoms with Crippen LogP contribution in [0.15, 0.2) is 64.5 Å². The average Bonchev–Trinajstić information content (AvgIpc) is 2.75. The van der Waals surface area contributed by atoms with E-state index in [1.54, 1.807) is 31.4 Å². The highest BCUT2D eigenvalue weighted by Crippen LogP contribution is 2.38. The minimum atomic E-state index is -3.64. The summed E-state index contributed by atoms with van der Waals surface area (Å²) in [5.74, 6) is 0.507. The molecule has 4 aromatic rings. The summed E-state index contributed by atoms with van der Waals surface area (Å²) in [6, 6.07) is 9.85. The van der Waals surface area contributed by atoms with Gasteiger partial charge < -0.3 is 4.74 Å². The van der Waals surface area contributed by atoms with Crippen molar-refractivity contribution >= 4 is 48.3 Å². The maximum absolute atomic E-state index is 12.8. The van der Waals surface area contributed by atoms with Crippen LogP contribution in [0.3, 0.4) is 0 Å². The summed E-state index contributed by atoms with van der Waals surface area (Å²) in [6.45, 7) is 0. The third-order valence-electron chi connectivity index (χ3n) is 4.40. The second-order valence-electron chi connectivity index (χ2n) is 6.29. The van der Waals surface area contributed by atoms with Crippen LogP contribution in [0.1, 0.15) is 5.82 Å². The molecule has 0 radical (unpaired) electrons. The van der Waals surface area contributed by atoms with Gasteiger partial charge in [0.05, 0.1) is 28.2 Å². The number of hydrogen-bond donors (Lipinski definition) is 0. The molecule has 0 aliphatic carbocycles. The van der Waals surface area contributed by atoms with Crippen LogP contribution in [0.25, 0.3) is 22.2 Å². The number of rotatable bonds is 5. The first-order valence-corrected chi connectivity index (χ1v) is 11.5. The van der Waals surface area contributed by atoms with Crippen LogP contribution in [0.4, 0.5) is 0 Å². The fourth-order valence-corrected chi connectivity index (χ4v) is 4.69. The van der Waals surface area contributed by atoms with Crippen molar-refractivity contribution in [1.82, 2.24) is 19.9 Å². The molecule has 152 valence electrons. The van der Waals surface area contributed by atoms with E-state index in [0.717, 1.165) is 0 Å². The molecule has 0 unspecified atom stereocenters. The number of ether oxygens (including phenoxy) is 1. The Morgan fingerprint density at radius 3 is 2.57 bits per heavy atom. The highest BCUT2D eigenvalue weighted by atomic mass is 79.9. The zero-order valence-corrected chi connectivity index (χ0v) is 18.7. The zero-order valence-electron chi connectivity index (χ0n) is 15.6. The van der Waals surface area contributed by atoms with E-state index in [1.165, 1.54) is 30.9 Å². The molecule has 0 amide bonds. The Morgan fingerprint density at radius 2 is 1.83 bits per heavy atom. The maximum atomic E-state index is 12.8. The number of fused-ring (bicyclic) bond motifs is 1. The Morgan fingerprint density at radius 1 is 1.07 bits per heavy atom. The van der Waals surface area contributed by atoms with E-state index in [0.29, 0.717) is 37.4 Å². The van der Waals surface area contributed by atoms with E-state index in [2.05, 4.69) is 35.9 Å². The molecule has 0 bridgehead atoms. The lowest BCUT2D eigenvalue weighted by Gasteiger charge is -2.12. The number of benzene rings is 2. The molecule has 0 spiro atoms. The molecule has 0 fully saturated rings. The molecule has 2 heterocycles. The van der Waals surface area contributed by atoms with Crippen LogP contribution in [0, 0.1) is 0 Å². The molecule has 0 atom stereocenters. The van der Waals surface area contributed by atoms with E-state index < -0.39 is 9.84 Å². The number of sulfone groups is 1. The van der Waals surface area contributed by atoms with Crippen LogP contribution < -0.4 is 4.74 Å². The van der Waals surface area contributed by atoms with Crippen molar-refractivity contribution in [2.24, 2.45) is 0 Å². The minimum absolute atomic E-state index is 0.132. The Kier molecular flexibility index (Phi) is 5.68. The third-order valence-corrected chi connectivity index (χ3v) is 7.21. The first-order chi connectivity index (χ1) is 14.4. The van der Waals surface area contributed by atoms with Gasteiger partial charge in [-0.05, 0) is 52.3 Å². The zero-order chi connectivity index (χ0) is 21.3. The van der Waals surface area contributed by atoms with Gasteiger partial charge in [0.15, 0.2) is 9.84 Å². The van der Waals surface area contributed by atoms with E-state index in [4.69, 9.17) is 16.3 Å². The van der Waals surface area contributed by atoms with Crippen molar-refractivity contribution in [2.45, 2.75) is 10.6 Å². The molecule has 0 aliphatic rings. The Bertz CT molecular complexity index is 1350. The molecule has 4 rings (SSSR count). The molecule has 0 aliphatic heterocycles. The fourth-order valence-electron chi connectivity index (χ4n) is 2.99. The highest BCUT2D eigenvalue weighted by Gasteiger charge is 2.20. The molecular weight excluding hydrogens is 492 g/mol.